The third-order valence-electron chi connectivity index (χ3n) is 4.37. The molecule has 1 heterocycles. The van der Waals surface area contributed by atoms with Crippen molar-refractivity contribution in [3.63, 3.8) is 0 Å². The van der Waals surface area contributed by atoms with Crippen LogP contribution in [0.25, 0.3) is 0 Å². The number of anilines is 1. The van der Waals surface area contributed by atoms with E-state index in [-0.39, 0.29) is 11.3 Å². The van der Waals surface area contributed by atoms with Gasteiger partial charge in [-0.25, -0.2) is 13.2 Å². The maximum Gasteiger partial charge on any atom is 0.256 e. The molecule has 1 aliphatic heterocycles. The van der Waals surface area contributed by atoms with Crippen LogP contribution in [0.1, 0.15) is 49.2 Å². The Morgan fingerprint density at radius 3 is 2.48 bits per heavy atom. The average molecular weight is 443 g/mol. The smallest absolute Gasteiger partial charge is 0.256 e. The first-order valence-corrected chi connectivity index (χ1v) is 11.1. The van der Waals surface area contributed by atoms with Gasteiger partial charge in [0.1, 0.15) is 10.6 Å². The Labute approximate surface area is 175 Å². The van der Waals surface area contributed by atoms with Crippen molar-refractivity contribution in [3.8, 4) is 0 Å². The first-order valence-electron chi connectivity index (χ1n) is 8.97. The SMILES string of the molecule is CC(C)(C)[S+]([O-])N[C@H]1CCSc2c(C(=O)Nc3ccc(F)c(F)c3)ccc(F)c21. The number of hydrogen-bond acceptors (Lipinski definition) is 4. The number of thioether (sulfide) groups is 1. The summed E-state index contributed by atoms with van der Waals surface area (Å²) in [6.07, 6.45) is 0.560. The van der Waals surface area contributed by atoms with E-state index in [1.807, 2.05) is 20.8 Å². The maximum atomic E-state index is 14.7. The van der Waals surface area contributed by atoms with Gasteiger partial charge >= 0.3 is 0 Å². The minimum atomic E-state index is -1.41. The molecule has 2 aromatic rings. The predicted octanol–water partition coefficient (Wildman–Crippen LogP) is 4.94. The number of carbonyl (C=O) groups excluding carboxylic acids is 1. The Morgan fingerprint density at radius 1 is 1.14 bits per heavy atom. The van der Waals surface area contributed by atoms with Crippen molar-refractivity contribution in [3.05, 3.63) is 58.9 Å². The van der Waals surface area contributed by atoms with E-state index >= 15 is 0 Å². The lowest BCUT2D eigenvalue weighted by atomic mass is 10.0. The third kappa shape index (κ3) is 4.91. The number of rotatable bonds is 4. The van der Waals surface area contributed by atoms with Crippen molar-refractivity contribution >= 4 is 34.7 Å². The summed E-state index contributed by atoms with van der Waals surface area (Å²) in [6.45, 7) is 5.45. The van der Waals surface area contributed by atoms with Gasteiger partial charge in [0, 0.05) is 39.3 Å². The highest BCUT2D eigenvalue weighted by atomic mass is 32.2. The Kier molecular flexibility index (Phi) is 6.52. The van der Waals surface area contributed by atoms with Gasteiger partial charge in [0.15, 0.2) is 11.6 Å². The molecule has 1 unspecified atom stereocenters. The summed E-state index contributed by atoms with van der Waals surface area (Å²) in [5, 5.41) is 2.51. The van der Waals surface area contributed by atoms with E-state index < -0.39 is 45.5 Å². The summed E-state index contributed by atoms with van der Waals surface area (Å²) in [4.78, 5) is 13.2. The van der Waals surface area contributed by atoms with Gasteiger partial charge < -0.3 is 9.87 Å². The molecule has 9 heteroatoms. The molecule has 0 saturated carbocycles. The molecule has 0 saturated heterocycles. The van der Waals surface area contributed by atoms with E-state index in [4.69, 9.17) is 0 Å². The number of fused-ring (bicyclic) bond motifs is 1. The van der Waals surface area contributed by atoms with Crippen LogP contribution in [0.4, 0.5) is 18.9 Å². The van der Waals surface area contributed by atoms with Gasteiger partial charge in [-0.3, -0.25) is 4.79 Å². The highest BCUT2D eigenvalue weighted by Gasteiger charge is 2.35. The quantitative estimate of drug-likeness (QED) is 0.658. The van der Waals surface area contributed by atoms with Gasteiger partial charge in [0.2, 0.25) is 0 Å². The molecule has 2 N–H and O–H groups in total. The van der Waals surface area contributed by atoms with Gasteiger partial charge in [-0.1, -0.05) is 0 Å². The summed E-state index contributed by atoms with van der Waals surface area (Å²) < 4.78 is 56.1. The van der Waals surface area contributed by atoms with Crippen LogP contribution < -0.4 is 10.0 Å². The summed E-state index contributed by atoms with van der Waals surface area (Å²) in [7, 11) is 0. The molecule has 1 amide bonds. The second-order valence-electron chi connectivity index (χ2n) is 7.61. The van der Waals surface area contributed by atoms with E-state index in [1.54, 1.807) is 0 Å². The fourth-order valence-corrected chi connectivity index (χ4v) is 4.97. The number of hydrogen-bond donors (Lipinski definition) is 2. The summed E-state index contributed by atoms with van der Waals surface area (Å²) >= 11 is -0.0694. The van der Waals surface area contributed by atoms with Crippen LogP contribution in [0, 0.1) is 17.5 Å². The van der Waals surface area contributed by atoms with Gasteiger partial charge in [0.25, 0.3) is 5.91 Å². The Morgan fingerprint density at radius 2 is 1.83 bits per heavy atom. The lowest BCUT2D eigenvalue weighted by Crippen LogP contribution is -2.42. The molecule has 0 radical (unpaired) electrons. The molecule has 0 aromatic heterocycles. The van der Waals surface area contributed by atoms with Crippen LogP contribution in [-0.2, 0) is 11.4 Å². The van der Waals surface area contributed by atoms with Gasteiger partial charge in [0.05, 0.1) is 11.6 Å². The van der Waals surface area contributed by atoms with Gasteiger partial charge in [-0.05, 0) is 51.5 Å². The molecule has 0 fully saturated rings. The van der Waals surface area contributed by atoms with E-state index in [1.165, 1.54) is 30.0 Å². The Balaban J connectivity index is 1.91. The van der Waals surface area contributed by atoms with Crippen LogP contribution in [0.3, 0.4) is 0 Å². The van der Waals surface area contributed by atoms with Crippen molar-refractivity contribution < 1.29 is 22.5 Å². The normalized spacial score (nSPS) is 17.6. The van der Waals surface area contributed by atoms with E-state index in [0.29, 0.717) is 22.6 Å². The molecule has 0 bridgehead atoms. The molecule has 2 atom stereocenters. The monoisotopic (exact) mass is 442 g/mol. The fourth-order valence-electron chi connectivity index (χ4n) is 2.85. The lowest BCUT2D eigenvalue weighted by molar-refractivity contribution is 0.102. The zero-order valence-corrected chi connectivity index (χ0v) is 17.8. The fraction of sp³-hybridized carbons (Fsp3) is 0.350. The molecule has 29 heavy (non-hydrogen) atoms. The highest BCUT2D eigenvalue weighted by molar-refractivity contribution is 7.99. The van der Waals surface area contributed by atoms with Gasteiger partial charge in [-0.2, -0.15) is 0 Å². The minimum Gasteiger partial charge on any atom is -0.598 e. The summed E-state index contributed by atoms with van der Waals surface area (Å²) in [5.74, 6) is -2.52. The standard InChI is InChI=1S/C20H21F3N2O2S2/c1-20(2,3)29(27)25-16-8-9-28-18-12(5-7-14(22)17(16)18)19(26)24-11-4-6-13(21)15(23)10-11/h4-7,10,16,25H,8-9H2,1-3H3,(H,24,26)/t16-,29?/m0/s1. The van der Waals surface area contributed by atoms with Crippen LogP contribution in [0.15, 0.2) is 35.2 Å². The molecule has 156 valence electrons. The second kappa shape index (κ2) is 8.59. The van der Waals surface area contributed by atoms with Crippen LogP contribution in [-0.4, -0.2) is 21.0 Å². The maximum absolute atomic E-state index is 14.7. The minimum absolute atomic E-state index is 0.0938. The second-order valence-corrected chi connectivity index (χ2v) is 10.7. The summed E-state index contributed by atoms with van der Waals surface area (Å²) in [5.41, 5.74) is 0.622. The first kappa shape index (κ1) is 22.0. The first-order chi connectivity index (χ1) is 13.6. The number of benzene rings is 2. The lowest BCUT2D eigenvalue weighted by Gasteiger charge is -2.31. The van der Waals surface area contributed by atoms with Crippen molar-refractivity contribution in [2.45, 2.75) is 42.9 Å². The molecule has 0 aliphatic carbocycles. The van der Waals surface area contributed by atoms with Crippen LogP contribution in [0.2, 0.25) is 0 Å². The predicted molar refractivity (Wildman–Crippen MR) is 110 cm³/mol. The van der Waals surface area contributed by atoms with Gasteiger partial charge in [-0.15, -0.1) is 16.5 Å². The number of amides is 1. The topological polar surface area (TPSA) is 64.2 Å². The molecular formula is C20H21F3N2O2S2. The third-order valence-corrected chi connectivity index (χ3v) is 7.15. The largest absolute Gasteiger partial charge is 0.598 e. The molecule has 0 spiro atoms. The van der Waals surface area contributed by atoms with E-state index in [9.17, 15) is 22.5 Å². The Hall–Kier alpha value is -1.68. The molecular weight excluding hydrogens is 421 g/mol. The summed E-state index contributed by atoms with van der Waals surface area (Å²) in [6, 6.07) is 5.10. The average Bonchev–Trinajstić information content (AvgIpc) is 2.64. The van der Waals surface area contributed by atoms with Crippen molar-refractivity contribution in [1.29, 1.82) is 0 Å². The van der Waals surface area contributed by atoms with Crippen molar-refractivity contribution in [1.82, 2.24) is 4.72 Å². The number of halogens is 3. The molecule has 3 rings (SSSR count). The van der Waals surface area contributed by atoms with Crippen molar-refractivity contribution in [2.75, 3.05) is 11.1 Å². The zero-order valence-electron chi connectivity index (χ0n) is 16.1. The van der Waals surface area contributed by atoms with Crippen LogP contribution in [0.5, 0.6) is 0 Å². The highest BCUT2D eigenvalue weighted by Crippen LogP contribution is 2.41. The number of carbonyl (C=O) groups is 1. The molecule has 1 aliphatic rings. The zero-order chi connectivity index (χ0) is 21.3. The van der Waals surface area contributed by atoms with Crippen LogP contribution >= 0.6 is 11.8 Å². The van der Waals surface area contributed by atoms with E-state index in [0.717, 1.165) is 12.1 Å². The molecule has 2 aromatic carbocycles. The molecule has 4 nitrogen and oxygen atoms in total. The van der Waals surface area contributed by atoms with Crippen molar-refractivity contribution in [2.24, 2.45) is 0 Å². The number of nitrogens with one attached hydrogen (secondary N) is 2. The Bertz CT molecular complexity index is 935. The van der Waals surface area contributed by atoms with E-state index in [2.05, 4.69) is 10.0 Å².